The molecule has 0 bridgehead atoms. The lowest BCUT2D eigenvalue weighted by Gasteiger charge is -2.42. The Kier molecular flexibility index (Phi) is 3.17. The summed E-state index contributed by atoms with van der Waals surface area (Å²) in [5, 5.41) is 7.40. The van der Waals surface area contributed by atoms with Crippen LogP contribution in [0.15, 0.2) is 0 Å². The molecule has 1 aliphatic heterocycles. The summed E-state index contributed by atoms with van der Waals surface area (Å²) < 4.78 is 2.98. The van der Waals surface area contributed by atoms with Gasteiger partial charge < -0.3 is 4.90 Å². The molecule has 1 saturated heterocycles. The third-order valence-corrected chi connectivity index (χ3v) is 4.40. The van der Waals surface area contributed by atoms with Gasteiger partial charge in [0.2, 0.25) is 5.95 Å². The molecule has 0 atom stereocenters. The summed E-state index contributed by atoms with van der Waals surface area (Å²) in [7, 11) is 0. The summed E-state index contributed by atoms with van der Waals surface area (Å²) in [6.07, 6.45) is 2.48. The molecular weight excluding hydrogens is 258 g/mol. The van der Waals surface area contributed by atoms with Gasteiger partial charge in [-0.25, -0.2) is 5.10 Å². The van der Waals surface area contributed by atoms with Gasteiger partial charge in [-0.05, 0) is 45.8 Å². The quantitative estimate of drug-likeness (QED) is 0.844. The molecule has 5 nitrogen and oxygen atoms in total. The van der Waals surface area contributed by atoms with E-state index in [4.69, 9.17) is 12.2 Å². The number of aromatic nitrogens is 3. The van der Waals surface area contributed by atoms with Gasteiger partial charge >= 0.3 is 0 Å². The van der Waals surface area contributed by atoms with Crippen LogP contribution in [0, 0.1) is 4.77 Å². The maximum Gasteiger partial charge on any atom is 0.226 e. The van der Waals surface area contributed by atoms with E-state index in [2.05, 4.69) is 45.3 Å². The molecule has 2 heterocycles. The first-order valence-electron chi connectivity index (χ1n) is 7.14. The molecule has 0 amide bonds. The molecule has 0 unspecified atom stereocenters. The first kappa shape index (κ1) is 13.1. The van der Waals surface area contributed by atoms with Crippen LogP contribution in [0.1, 0.15) is 39.7 Å². The van der Waals surface area contributed by atoms with E-state index >= 15 is 0 Å². The lowest BCUT2D eigenvalue weighted by Crippen LogP contribution is -2.54. The van der Waals surface area contributed by atoms with Gasteiger partial charge in [-0.3, -0.25) is 9.47 Å². The van der Waals surface area contributed by atoms with E-state index in [-0.39, 0.29) is 5.54 Å². The second kappa shape index (κ2) is 4.59. The summed E-state index contributed by atoms with van der Waals surface area (Å²) in [6, 6.07) is 0.585. The van der Waals surface area contributed by atoms with Crippen molar-refractivity contribution in [3.8, 4) is 0 Å². The smallest absolute Gasteiger partial charge is 0.226 e. The van der Waals surface area contributed by atoms with Crippen molar-refractivity contribution in [2.75, 3.05) is 31.1 Å². The van der Waals surface area contributed by atoms with Crippen LogP contribution in [0.2, 0.25) is 0 Å². The Hall–Kier alpha value is -0.880. The first-order chi connectivity index (χ1) is 8.97. The van der Waals surface area contributed by atoms with Crippen LogP contribution in [0.3, 0.4) is 0 Å². The van der Waals surface area contributed by atoms with Crippen molar-refractivity contribution in [1.82, 2.24) is 19.7 Å². The molecule has 3 rings (SSSR count). The van der Waals surface area contributed by atoms with E-state index in [9.17, 15) is 0 Å². The predicted molar refractivity (Wildman–Crippen MR) is 79.2 cm³/mol. The highest BCUT2D eigenvalue weighted by molar-refractivity contribution is 7.71. The summed E-state index contributed by atoms with van der Waals surface area (Å²) in [5.41, 5.74) is 0.257. The minimum absolute atomic E-state index is 0.257. The zero-order valence-corrected chi connectivity index (χ0v) is 12.8. The molecule has 2 aliphatic rings. The van der Waals surface area contributed by atoms with Gasteiger partial charge in [-0.15, -0.1) is 5.10 Å². The Morgan fingerprint density at radius 2 is 1.79 bits per heavy atom. The van der Waals surface area contributed by atoms with Crippen molar-refractivity contribution in [2.45, 2.75) is 45.2 Å². The molecule has 1 aromatic rings. The molecule has 6 heteroatoms. The molecule has 1 aliphatic carbocycles. The maximum atomic E-state index is 5.35. The SMILES string of the molecule is CC(C)(C)N1CCN(c2n[nH]c(=S)n2C2CC2)CC1. The van der Waals surface area contributed by atoms with Crippen LogP contribution in [-0.2, 0) is 0 Å². The number of nitrogens with one attached hydrogen (secondary N) is 1. The number of anilines is 1. The number of piperazine rings is 1. The highest BCUT2D eigenvalue weighted by Crippen LogP contribution is 2.38. The largest absolute Gasteiger partial charge is 0.338 e. The summed E-state index contributed by atoms with van der Waals surface area (Å²) in [4.78, 5) is 4.90. The number of rotatable bonds is 2. The van der Waals surface area contributed by atoms with Crippen molar-refractivity contribution in [1.29, 1.82) is 0 Å². The van der Waals surface area contributed by atoms with Crippen molar-refractivity contribution < 1.29 is 0 Å². The van der Waals surface area contributed by atoms with E-state index < -0.39 is 0 Å². The zero-order chi connectivity index (χ0) is 13.6. The van der Waals surface area contributed by atoms with Crippen LogP contribution < -0.4 is 4.90 Å². The fraction of sp³-hybridized carbons (Fsp3) is 0.846. The first-order valence-corrected chi connectivity index (χ1v) is 7.54. The normalized spacial score (nSPS) is 21.9. The van der Waals surface area contributed by atoms with Crippen molar-refractivity contribution in [3.63, 3.8) is 0 Å². The lowest BCUT2D eigenvalue weighted by atomic mass is 10.1. The van der Waals surface area contributed by atoms with Crippen LogP contribution in [-0.4, -0.2) is 51.4 Å². The lowest BCUT2D eigenvalue weighted by molar-refractivity contribution is 0.128. The molecule has 106 valence electrons. The minimum Gasteiger partial charge on any atom is -0.338 e. The maximum absolute atomic E-state index is 5.35. The predicted octanol–water partition coefficient (Wildman–Crippen LogP) is 2.20. The molecule has 19 heavy (non-hydrogen) atoms. The van der Waals surface area contributed by atoms with Crippen LogP contribution in [0.4, 0.5) is 5.95 Å². The fourth-order valence-electron chi connectivity index (χ4n) is 2.76. The number of nitrogens with zero attached hydrogens (tertiary/aromatic N) is 4. The topological polar surface area (TPSA) is 40.1 Å². The molecule has 0 radical (unpaired) electrons. The Morgan fingerprint density at radius 1 is 1.16 bits per heavy atom. The summed E-state index contributed by atoms with van der Waals surface area (Å²) in [5.74, 6) is 1.04. The van der Waals surface area contributed by atoms with Gasteiger partial charge in [0.1, 0.15) is 0 Å². The van der Waals surface area contributed by atoms with Crippen molar-refractivity contribution in [3.05, 3.63) is 4.77 Å². The second-order valence-corrected chi connectivity index (χ2v) is 6.96. The van der Waals surface area contributed by atoms with Gasteiger partial charge in [0, 0.05) is 37.8 Å². The molecule has 2 fully saturated rings. The zero-order valence-electron chi connectivity index (χ0n) is 12.0. The van der Waals surface area contributed by atoms with Crippen LogP contribution >= 0.6 is 12.2 Å². The molecule has 1 N–H and O–H groups in total. The van der Waals surface area contributed by atoms with Crippen LogP contribution in [0.25, 0.3) is 0 Å². The second-order valence-electron chi connectivity index (χ2n) is 6.57. The van der Waals surface area contributed by atoms with Crippen molar-refractivity contribution in [2.24, 2.45) is 0 Å². The van der Waals surface area contributed by atoms with E-state index in [1.54, 1.807) is 0 Å². The number of hydrogen-bond donors (Lipinski definition) is 1. The third kappa shape index (κ3) is 2.56. The van der Waals surface area contributed by atoms with Gasteiger partial charge in [0.25, 0.3) is 0 Å². The number of H-pyrrole nitrogens is 1. The number of aromatic amines is 1. The highest BCUT2D eigenvalue weighted by Gasteiger charge is 2.32. The monoisotopic (exact) mass is 281 g/mol. The number of hydrogen-bond acceptors (Lipinski definition) is 4. The average molecular weight is 281 g/mol. The highest BCUT2D eigenvalue weighted by atomic mass is 32.1. The molecule has 0 aromatic carbocycles. The molecule has 1 aromatic heterocycles. The minimum atomic E-state index is 0.257. The van der Waals surface area contributed by atoms with Gasteiger partial charge in [-0.2, -0.15) is 0 Å². The summed E-state index contributed by atoms with van der Waals surface area (Å²) in [6.45, 7) is 11.1. The third-order valence-electron chi connectivity index (χ3n) is 4.11. The van der Waals surface area contributed by atoms with Gasteiger partial charge in [-0.1, -0.05) is 0 Å². The standard InChI is InChI=1S/C13H23N5S/c1-13(2,3)17-8-6-16(7-9-17)11-14-15-12(19)18(11)10-4-5-10/h10H,4-9H2,1-3H3,(H,15,19). The molecule has 0 spiro atoms. The van der Waals surface area contributed by atoms with Gasteiger partial charge in [0.15, 0.2) is 4.77 Å². The Balaban J connectivity index is 1.74. The Morgan fingerprint density at radius 3 is 2.32 bits per heavy atom. The van der Waals surface area contributed by atoms with E-state index in [1.165, 1.54) is 12.8 Å². The summed E-state index contributed by atoms with van der Waals surface area (Å²) >= 11 is 5.35. The Bertz CT molecular complexity index is 500. The fourth-order valence-corrected chi connectivity index (χ4v) is 3.03. The molecular formula is C13H23N5S. The molecule has 1 saturated carbocycles. The van der Waals surface area contributed by atoms with Gasteiger partial charge in [0.05, 0.1) is 0 Å². The van der Waals surface area contributed by atoms with E-state index in [0.717, 1.165) is 36.9 Å². The van der Waals surface area contributed by atoms with Crippen molar-refractivity contribution >= 4 is 18.2 Å². The van der Waals surface area contributed by atoms with Crippen LogP contribution in [0.5, 0.6) is 0 Å². The van der Waals surface area contributed by atoms with E-state index in [0.29, 0.717) is 6.04 Å². The van der Waals surface area contributed by atoms with E-state index in [1.807, 2.05) is 0 Å². The Labute approximate surface area is 119 Å². The average Bonchev–Trinajstić information content (AvgIpc) is 3.12.